The van der Waals surface area contributed by atoms with Crippen LogP contribution in [-0.2, 0) is 6.42 Å². The molecule has 1 aromatic carbocycles. The molecule has 2 nitrogen and oxygen atoms in total. The number of rotatable bonds is 3. The van der Waals surface area contributed by atoms with Gasteiger partial charge in [0.15, 0.2) is 0 Å². The highest BCUT2D eigenvalue weighted by atomic mass is 35.5. The third kappa shape index (κ3) is 2.34. The van der Waals surface area contributed by atoms with Crippen LogP contribution in [0.4, 0.5) is 0 Å². The predicted molar refractivity (Wildman–Crippen MR) is 69.1 cm³/mol. The van der Waals surface area contributed by atoms with Gasteiger partial charge >= 0.3 is 0 Å². The lowest BCUT2D eigenvalue weighted by Gasteiger charge is -2.05. The summed E-state index contributed by atoms with van der Waals surface area (Å²) < 4.78 is 0. The lowest BCUT2D eigenvalue weighted by atomic mass is 10.1. The first-order valence-electron chi connectivity index (χ1n) is 5.41. The maximum Gasteiger partial charge on any atom is 0.0735 e. The first kappa shape index (κ1) is 11.4. The zero-order valence-electron chi connectivity index (χ0n) is 9.55. The SMILES string of the molecule is CNCCc1ccc2cc(Cl)cc(C)c2n1. The van der Waals surface area contributed by atoms with Gasteiger partial charge in [-0.1, -0.05) is 17.7 Å². The number of pyridine rings is 1. The fraction of sp³-hybridized carbons (Fsp3) is 0.308. The minimum atomic E-state index is 0.773. The molecule has 0 saturated heterocycles. The molecule has 1 heterocycles. The minimum absolute atomic E-state index is 0.773. The number of aromatic nitrogens is 1. The van der Waals surface area contributed by atoms with E-state index in [9.17, 15) is 0 Å². The predicted octanol–water partition coefficient (Wildman–Crippen LogP) is 2.96. The topological polar surface area (TPSA) is 24.9 Å². The number of hydrogen-bond donors (Lipinski definition) is 1. The maximum atomic E-state index is 6.01. The van der Waals surface area contributed by atoms with Crippen LogP contribution in [0.1, 0.15) is 11.3 Å². The summed E-state index contributed by atoms with van der Waals surface area (Å²) in [6, 6.07) is 8.07. The smallest absolute Gasteiger partial charge is 0.0735 e. The van der Waals surface area contributed by atoms with Crippen molar-refractivity contribution >= 4 is 22.5 Å². The van der Waals surface area contributed by atoms with Crippen LogP contribution in [0.25, 0.3) is 10.9 Å². The van der Waals surface area contributed by atoms with Gasteiger partial charge in [-0.3, -0.25) is 4.98 Å². The van der Waals surface area contributed by atoms with Crippen LogP contribution < -0.4 is 5.32 Å². The van der Waals surface area contributed by atoms with Gasteiger partial charge in [-0.15, -0.1) is 0 Å². The van der Waals surface area contributed by atoms with E-state index in [1.807, 2.05) is 26.1 Å². The van der Waals surface area contributed by atoms with Gasteiger partial charge < -0.3 is 5.32 Å². The number of nitrogens with one attached hydrogen (secondary N) is 1. The fourth-order valence-electron chi connectivity index (χ4n) is 1.80. The molecule has 0 aliphatic rings. The summed E-state index contributed by atoms with van der Waals surface area (Å²) >= 11 is 6.01. The van der Waals surface area contributed by atoms with Crippen LogP contribution in [-0.4, -0.2) is 18.6 Å². The van der Waals surface area contributed by atoms with Crippen LogP contribution in [0, 0.1) is 6.92 Å². The molecule has 1 N–H and O–H groups in total. The van der Waals surface area contributed by atoms with Gasteiger partial charge in [-0.2, -0.15) is 0 Å². The molecule has 2 rings (SSSR count). The Kier molecular flexibility index (Phi) is 3.42. The molecule has 0 aliphatic carbocycles. The lowest BCUT2D eigenvalue weighted by molar-refractivity contribution is 0.779. The van der Waals surface area contributed by atoms with Gasteiger partial charge in [-0.05, 0) is 37.7 Å². The summed E-state index contributed by atoms with van der Waals surface area (Å²) in [6.07, 6.45) is 0.953. The van der Waals surface area contributed by atoms with Crippen molar-refractivity contribution in [1.29, 1.82) is 0 Å². The Bertz CT molecular complexity index is 509. The summed E-state index contributed by atoms with van der Waals surface area (Å²) in [5, 5.41) is 5.01. The van der Waals surface area contributed by atoms with Gasteiger partial charge in [0.1, 0.15) is 0 Å². The number of likely N-dealkylation sites (N-methyl/N-ethyl adjacent to an activating group) is 1. The van der Waals surface area contributed by atoms with E-state index in [0.717, 1.165) is 40.1 Å². The number of nitrogens with zero attached hydrogens (tertiary/aromatic N) is 1. The minimum Gasteiger partial charge on any atom is -0.319 e. The van der Waals surface area contributed by atoms with Crippen LogP contribution in [0.5, 0.6) is 0 Å². The van der Waals surface area contributed by atoms with Crippen molar-refractivity contribution in [2.24, 2.45) is 0 Å². The molecule has 1 aromatic heterocycles. The first-order chi connectivity index (χ1) is 7.70. The molecule has 0 radical (unpaired) electrons. The van der Waals surface area contributed by atoms with Crippen molar-refractivity contribution in [2.45, 2.75) is 13.3 Å². The molecule has 0 aliphatic heterocycles. The van der Waals surface area contributed by atoms with Gasteiger partial charge in [-0.25, -0.2) is 0 Å². The molecule has 3 heteroatoms. The molecule has 0 spiro atoms. The average Bonchev–Trinajstić information content (AvgIpc) is 2.26. The van der Waals surface area contributed by atoms with E-state index in [0.29, 0.717) is 0 Å². The third-order valence-electron chi connectivity index (χ3n) is 2.64. The molecule has 0 saturated carbocycles. The highest BCUT2D eigenvalue weighted by Crippen LogP contribution is 2.22. The second kappa shape index (κ2) is 4.81. The Balaban J connectivity index is 2.45. The summed E-state index contributed by atoms with van der Waals surface area (Å²) in [5.41, 5.74) is 3.30. The van der Waals surface area contributed by atoms with E-state index in [4.69, 9.17) is 11.6 Å². The normalized spacial score (nSPS) is 10.9. The third-order valence-corrected chi connectivity index (χ3v) is 2.85. The van der Waals surface area contributed by atoms with Crippen LogP contribution >= 0.6 is 11.6 Å². The maximum absolute atomic E-state index is 6.01. The quantitative estimate of drug-likeness (QED) is 0.883. The van der Waals surface area contributed by atoms with E-state index < -0.39 is 0 Å². The molecule has 0 amide bonds. The van der Waals surface area contributed by atoms with E-state index >= 15 is 0 Å². The zero-order chi connectivity index (χ0) is 11.5. The molecule has 84 valence electrons. The first-order valence-corrected chi connectivity index (χ1v) is 5.79. The Morgan fingerprint density at radius 1 is 1.31 bits per heavy atom. The molecule has 0 fully saturated rings. The highest BCUT2D eigenvalue weighted by Gasteiger charge is 2.02. The van der Waals surface area contributed by atoms with Crippen molar-refractivity contribution in [2.75, 3.05) is 13.6 Å². The summed E-state index contributed by atoms with van der Waals surface area (Å²) in [7, 11) is 1.95. The van der Waals surface area contributed by atoms with E-state index in [-0.39, 0.29) is 0 Å². The molecule has 0 atom stereocenters. The summed E-state index contributed by atoms with van der Waals surface area (Å²) in [6.45, 7) is 2.99. The Hall–Kier alpha value is -1.12. The largest absolute Gasteiger partial charge is 0.319 e. The monoisotopic (exact) mass is 234 g/mol. The fourth-order valence-corrected chi connectivity index (χ4v) is 2.08. The summed E-state index contributed by atoms with van der Waals surface area (Å²) in [4.78, 5) is 4.65. The average molecular weight is 235 g/mol. The molecule has 2 aromatic rings. The Labute approximate surface area is 101 Å². The van der Waals surface area contributed by atoms with Gasteiger partial charge in [0.2, 0.25) is 0 Å². The van der Waals surface area contributed by atoms with Gasteiger partial charge in [0.05, 0.1) is 5.52 Å². The number of benzene rings is 1. The van der Waals surface area contributed by atoms with Gasteiger partial charge in [0.25, 0.3) is 0 Å². The molecule has 0 unspecified atom stereocenters. The lowest BCUT2D eigenvalue weighted by Crippen LogP contribution is -2.11. The van der Waals surface area contributed by atoms with E-state index in [2.05, 4.69) is 22.4 Å². The van der Waals surface area contributed by atoms with Crippen LogP contribution in [0.3, 0.4) is 0 Å². The highest BCUT2D eigenvalue weighted by molar-refractivity contribution is 6.31. The van der Waals surface area contributed by atoms with Crippen molar-refractivity contribution < 1.29 is 0 Å². The second-order valence-corrected chi connectivity index (χ2v) is 4.39. The number of hydrogen-bond acceptors (Lipinski definition) is 2. The van der Waals surface area contributed by atoms with E-state index in [1.54, 1.807) is 0 Å². The summed E-state index contributed by atoms with van der Waals surface area (Å²) in [5.74, 6) is 0. The van der Waals surface area contributed by atoms with Crippen molar-refractivity contribution in [1.82, 2.24) is 10.3 Å². The molecule has 0 bridgehead atoms. The van der Waals surface area contributed by atoms with Crippen molar-refractivity contribution in [3.63, 3.8) is 0 Å². The van der Waals surface area contributed by atoms with Gasteiger partial charge in [0, 0.05) is 29.1 Å². The molecular formula is C13H15ClN2. The standard InChI is InChI=1S/C13H15ClN2/c1-9-7-11(14)8-10-3-4-12(5-6-15-2)16-13(9)10/h3-4,7-8,15H,5-6H2,1-2H3. The Morgan fingerprint density at radius 3 is 2.88 bits per heavy atom. The van der Waals surface area contributed by atoms with Crippen LogP contribution in [0.15, 0.2) is 24.3 Å². The number of fused-ring (bicyclic) bond motifs is 1. The van der Waals surface area contributed by atoms with Crippen LogP contribution in [0.2, 0.25) is 5.02 Å². The van der Waals surface area contributed by atoms with Crippen molar-refractivity contribution in [3.8, 4) is 0 Å². The molecular weight excluding hydrogens is 220 g/mol. The number of halogens is 1. The van der Waals surface area contributed by atoms with E-state index in [1.165, 1.54) is 0 Å². The van der Waals surface area contributed by atoms with Crippen molar-refractivity contribution in [3.05, 3.63) is 40.5 Å². The molecule has 16 heavy (non-hydrogen) atoms. The number of aryl methyl sites for hydroxylation is 1. The zero-order valence-corrected chi connectivity index (χ0v) is 10.3. The Morgan fingerprint density at radius 2 is 2.12 bits per heavy atom. The second-order valence-electron chi connectivity index (χ2n) is 3.95.